The van der Waals surface area contributed by atoms with Crippen LogP contribution in [0.5, 0.6) is 0 Å². The van der Waals surface area contributed by atoms with Gasteiger partial charge in [0, 0.05) is 20.1 Å². The van der Waals surface area contributed by atoms with Crippen LogP contribution in [0.2, 0.25) is 0 Å². The molecule has 2 aliphatic heterocycles. The maximum absolute atomic E-state index is 4.66. The van der Waals surface area contributed by atoms with Gasteiger partial charge in [-0.2, -0.15) is 12.1 Å². The molecule has 0 spiro atoms. The van der Waals surface area contributed by atoms with E-state index in [1.807, 2.05) is 0 Å². The number of piperidine rings is 2. The number of nitrogens with zero attached hydrogens (tertiary/aromatic N) is 2. The van der Waals surface area contributed by atoms with Gasteiger partial charge in [0.25, 0.3) is 0 Å². The van der Waals surface area contributed by atoms with E-state index in [2.05, 4.69) is 10.6 Å². The van der Waals surface area contributed by atoms with Crippen LogP contribution in [0.25, 0.3) is 10.6 Å². The largest absolute Gasteiger partial charge is 0.661 e. The molecule has 1 radical (unpaired) electrons. The summed E-state index contributed by atoms with van der Waals surface area (Å²) in [5.74, 6) is 0. The molecule has 0 aliphatic carbocycles. The second kappa shape index (κ2) is 6.13. The zero-order valence-electron chi connectivity index (χ0n) is 8.04. The van der Waals surface area contributed by atoms with Gasteiger partial charge >= 0.3 is 0 Å². The number of rotatable bonds is 1. The molecule has 2 atom stereocenters. The average molecular weight is 358 g/mol. The monoisotopic (exact) mass is 359 g/mol. The minimum atomic E-state index is 0. The molecule has 2 nitrogen and oxygen atoms in total. The van der Waals surface area contributed by atoms with Crippen LogP contribution >= 0.6 is 0 Å². The van der Waals surface area contributed by atoms with Crippen molar-refractivity contribution >= 4 is 0 Å². The summed E-state index contributed by atoms with van der Waals surface area (Å²) < 4.78 is 0. The fourth-order valence-corrected chi connectivity index (χ4v) is 2.26. The Kier molecular flexibility index (Phi) is 5.49. The van der Waals surface area contributed by atoms with E-state index in [0.717, 1.165) is 13.1 Å². The Hall–Kier alpha value is 0.569. The van der Waals surface area contributed by atoms with Crippen molar-refractivity contribution in [1.82, 2.24) is 0 Å². The molecule has 2 aliphatic rings. The molecule has 2 rings (SSSR count). The van der Waals surface area contributed by atoms with Gasteiger partial charge in [0.05, 0.1) is 0 Å². The van der Waals surface area contributed by atoms with Gasteiger partial charge in [-0.15, -0.1) is 13.1 Å². The Bertz CT molecular complexity index is 113. The first-order valence-electron chi connectivity index (χ1n) is 5.30. The maximum atomic E-state index is 4.66. The van der Waals surface area contributed by atoms with Gasteiger partial charge in [-0.25, -0.2) is 0 Å². The summed E-state index contributed by atoms with van der Waals surface area (Å²) in [5.41, 5.74) is 0. The average Bonchev–Trinajstić information content (AvgIpc) is 2.21. The molecule has 0 amide bonds. The molecular weight excluding hydrogens is 340 g/mol. The second-order valence-corrected chi connectivity index (χ2v) is 3.94. The first-order chi connectivity index (χ1) is 5.97. The van der Waals surface area contributed by atoms with E-state index in [1.54, 1.807) is 0 Å². The maximum Gasteiger partial charge on any atom is 0 e. The van der Waals surface area contributed by atoms with Crippen LogP contribution in [0.3, 0.4) is 0 Å². The third-order valence-electron chi connectivity index (χ3n) is 2.99. The molecule has 3 heteroatoms. The second-order valence-electron chi connectivity index (χ2n) is 3.94. The van der Waals surface area contributed by atoms with Crippen LogP contribution < -0.4 is 0 Å². The summed E-state index contributed by atoms with van der Waals surface area (Å²) in [6.07, 6.45) is 7.97. The smallest absolute Gasteiger partial charge is 0 e. The van der Waals surface area contributed by atoms with Crippen molar-refractivity contribution in [2.45, 2.75) is 50.6 Å². The molecular formula is C10H18IrN2-2. The van der Waals surface area contributed by atoms with Gasteiger partial charge < -0.3 is 10.6 Å². The van der Waals surface area contributed by atoms with Crippen molar-refractivity contribution < 1.29 is 20.1 Å². The molecule has 13 heavy (non-hydrogen) atoms. The fraction of sp³-hybridized carbons (Fsp3) is 1.00. The Balaban J connectivity index is 0.000000845. The van der Waals surface area contributed by atoms with E-state index in [4.69, 9.17) is 0 Å². The summed E-state index contributed by atoms with van der Waals surface area (Å²) in [6.45, 7) is 2.19. The van der Waals surface area contributed by atoms with E-state index in [0.29, 0.717) is 12.1 Å². The zero-order valence-corrected chi connectivity index (χ0v) is 10.4. The van der Waals surface area contributed by atoms with Crippen molar-refractivity contribution in [3.8, 4) is 0 Å². The van der Waals surface area contributed by atoms with Crippen LogP contribution in [0.15, 0.2) is 0 Å². The topological polar surface area (TPSA) is 28.2 Å². The van der Waals surface area contributed by atoms with Crippen LogP contribution in [0.1, 0.15) is 38.5 Å². The van der Waals surface area contributed by atoms with Crippen molar-refractivity contribution in [2.24, 2.45) is 0 Å². The van der Waals surface area contributed by atoms with Crippen molar-refractivity contribution in [3.05, 3.63) is 10.6 Å². The van der Waals surface area contributed by atoms with Crippen LogP contribution in [-0.4, -0.2) is 25.2 Å². The third-order valence-corrected chi connectivity index (χ3v) is 2.99. The Morgan fingerprint density at radius 3 is 1.46 bits per heavy atom. The van der Waals surface area contributed by atoms with E-state index in [-0.39, 0.29) is 20.1 Å². The molecule has 0 bridgehead atoms. The van der Waals surface area contributed by atoms with E-state index in [1.165, 1.54) is 38.5 Å². The van der Waals surface area contributed by atoms with Gasteiger partial charge in [0.1, 0.15) is 0 Å². The molecule has 2 heterocycles. The zero-order chi connectivity index (χ0) is 8.23. The number of hydrogen-bond acceptors (Lipinski definition) is 0. The summed E-state index contributed by atoms with van der Waals surface area (Å²) in [4.78, 5) is 0. The molecule has 0 N–H and O–H groups in total. The first-order valence-corrected chi connectivity index (χ1v) is 5.30. The van der Waals surface area contributed by atoms with Crippen molar-refractivity contribution in [1.29, 1.82) is 0 Å². The molecule has 2 fully saturated rings. The van der Waals surface area contributed by atoms with E-state index >= 15 is 0 Å². The number of hydrogen-bond donors (Lipinski definition) is 0. The van der Waals surface area contributed by atoms with Crippen molar-refractivity contribution in [2.75, 3.05) is 13.1 Å². The van der Waals surface area contributed by atoms with Crippen LogP contribution in [0, 0.1) is 0 Å². The molecule has 0 aromatic heterocycles. The van der Waals surface area contributed by atoms with Gasteiger partial charge in [0.2, 0.25) is 0 Å². The van der Waals surface area contributed by atoms with Crippen molar-refractivity contribution in [3.63, 3.8) is 0 Å². The van der Waals surface area contributed by atoms with Gasteiger partial charge in [-0.3, -0.25) is 0 Å². The molecule has 0 aromatic carbocycles. The van der Waals surface area contributed by atoms with Gasteiger partial charge in [0.15, 0.2) is 0 Å². The summed E-state index contributed by atoms with van der Waals surface area (Å²) in [6, 6.07) is 1.19. The van der Waals surface area contributed by atoms with Crippen LogP contribution in [0.4, 0.5) is 0 Å². The Morgan fingerprint density at radius 1 is 0.692 bits per heavy atom. The van der Waals surface area contributed by atoms with Crippen LogP contribution in [-0.2, 0) is 20.1 Å². The Morgan fingerprint density at radius 2 is 1.15 bits per heavy atom. The summed E-state index contributed by atoms with van der Waals surface area (Å²) >= 11 is 0. The van der Waals surface area contributed by atoms with Gasteiger partial charge in [-0.05, 0) is 0 Å². The minimum absolute atomic E-state index is 0. The van der Waals surface area contributed by atoms with Gasteiger partial charge in [-0.1, -0.05) is 38.5 Å². The Labute approximate surface area is 94.6 Å². The normalized spacial score (nSPS) is 35.1. The predicted molar refractivity (Wildman–Crippen MR) is 51.7 cm³/mol. The van der Waals surface area contributed by atoms with E-state index < -0.39 is 0 Å². The SMILES string of the molecule is C1CCC(C2CCCC[N-]2)[N-]C1.[Ir]. The summed E-state index contributed by atoms with van der Waals surface area (Å²) in [7, 11) is 0. The minimum Gasteiger partial charge on any atom is -0.661 e. The molecule has 0 aromatic rings. The predicted octanol–water partition coefficient (Wildman–Crippen LogP) is 2.84. The molecule has 2 unspecified atom stereocenters. The standard InChI is InChI=1S/C10H18N2.Ir/c1-3-7-11-9(5-1)10-6-2-4-8-12-10;/h9-10H,1-8H2;/q-2;. The quantitative estimate of drug-likeness (QED) is 0.690. The summed E-state index contributed by atoms with van der Waals surface area (Å²) in [5, 5.41) is 9.32. The molecule has 2 saturated heterocycles. The van der Waals surface area contributed by atoms with E-state index in [9.17, 15) is 0 Å². The fourth-order valence-electron chi connectivity index (χ4n) is 2.26. The third kappa shape index (κ3) is 3.32. The first kappa shape index (κ1) is 11.6. The molecule has 79 valence electrons. The molecule has 0 saturated carbocycles.